The van der Waals surface area contributed by atoms with Crippen LogP contribution < -0.4 is 0 Å². The molecule has 0 saturated carbocycles. The van der Waals surface area contributed by atoms with Crippen molar-refractivity contribution in [2.45, 2.75) is 46.4 Å². The zero-order chi connectivity index (χ0) is 15.4. The van der Waals surface area contributed by atoms with Crippen molar-refractivity contribution in [2.75, 3.05) is 13.7 Å². The quantitative estimate of drug-likeness (QED) is 0.783. The molecule has 0 amide bonds. The number of hydrogen-bond donors (Lipinski definition) is 0. The lowest BCUT2D eigenvalue weighted by molar-refractivity contribution is 0.0759. The Balaban J connectivity index is 1.97. The fourth-order valence-electron chi connectivity index (χ4n) is 1.96. The molecule has 116 valence electrons. The van der Waals surface area contributed by atoms with E-state index >= 15 is 0 Å². The van der Waals surface area contributed by atoms with Gasteiger partial charge in [-0.2, -0.15) is 0 Å². The second-order valence-corrected chi connectivity index (χ2v) is 5.91. The first-order valence-corrected chi connectivity index (χ1v) is 7.95. The first-order valence-electron chi connectivity index (χ1n) is 7.07. The number of aryl methyl sites for hydroxylation is 1. The molecule has 21 heavy (non-hydrogen) atoms. The number of rotatable bonds is 7. The van der Waals surface area contributed by atoms with Gasteiger partial charge >= 0.3 is 0 Å². The molecule has 0 radical (unpaired) electrons. The second kappa shape index (κ2) is 7.11. The number of thiazole rings is 1. The Morgan fingerprint density at radius 1 is 1.38 bits per heavy atom. The van der Waals surface area contributed by atoms with Crippen LogP contribution in [0.25, 0.3) is 0 Å². The minimum atomic E-state index is 0.0510. The van der Waals surface area contributed by atoms with Gasteiger partial charge in [0, 0.05) is 25.5 Å². The maximum Gasteiger partial charge on any atom is 0.233 e. The van der Waals surface area contributed by atoms with Crippen molar-refractivity contribution in [1.29, 1.82) is 0 Å². The SMILES string of the molecule is CCOC(C)c1nc(CN(C)C(C)c2nnc(C)o2)cs1. The molecule has 2 aromatic rings. The number of ether oxygens (including phenoxy) is 1. The second-order valence-electron chi connectivity index (χ2n) is 5.03. The van der Waals surface area contributed by atoms with Gasteiger partial charge in [0.05, 0.1) is 11.7 Å². The van der Waals surface area contributed by atoms with E-state index in [2.05, 4.69) is 25.5 Å². The van der Waals surface area contributed by atoms with E-state index in [0.717, 1.165) is 17.2 Å². The predicted octanol–water partition coefficient (Wildman–Crippen LogP) is 3.13. The molecule has 0 aliphatic rings. The minimum absolute atomic E-state index is 0.0510. The smallest absolute Gasteiger partial charge is 0.233 e. The lowest BCUT2D eigenvalue weighted by atomic mass is 10.3. The van der Waals surface area contributed by atoms with Crippen LogP contribution in [-0.2, 0) is 11.3 Å². The number of aromatic nitrogens is 3. The Hall–Kier alpha value is -1.31. The Bertz CT molecular complexity index is 569. The minimum Gasteiger partial charge on any atom is -0.424 e. The Morgan fingerprint density at radius 3 is 2.76 bits per heavy atom. The highest BCUT2D eigenvalue weighted by Gasteiger charge is 2.19. The van der Waals surface area contributed by atoms with E-state index in [1.807, 2.05) is 27.8 Å². The molecular formula is C14H22N4O2S. The molecule has 2 aromatic heterocycles. The highest BCUT2D eigenvalue weighted by molar-refractivity contribution is 7.09. The molecule has 0 N–H and O–H groups in total. The Labute approximate surface area is 129 Å². The summed E-state index contributed by atoms with van der Waals surface area (Å²) in [6.07, 6.45) is 0.0510. The molecule has 2 unspecified atom stereocenters. The van der Waals surface area contributed by atoms with Crippen LogP contribution in [0.4, 0.5) is 0 Å². The number of hydrogen-bond acceptors (Lipinski definition) is 7. The molecule has 0 saturated heterocycles. The summed E-state index contributed by atoms with van der Waals surface area (Å²) in [5.74, 6) is 1.22. The normalized spacial score (nSPS) is 14.6. The van der Waals surface area contributed by atoms with Crippen LogP contribution in [0.2, 0.25) is 0 Å². The van der Waals surface area contributed by atoms with Crippen molar-refractivity contribution in [3.05, 3.63) is 27.9 Å². The topological polar surface area (TPSA) is 64.3 Å². The molecule has 6 nitrogen and oxygen atoms in total. The molecule has 0 fully saturated rings. The van der Waals surface area contributed by atoms with Gasteiger partial charge in [0.2, 0.25) is 11.8 Å². The monoisotopic (exact) mass is 310 g/mol. The van der Waals surface area contributed by atoms with Gasteiger partial charge in [-0.1, -0.05) is 0 Å². The van der Waals surface area contributed by atoms with Crippen molar-refractivity contribution < 1.29 is 9.15 Å². The fraction of sp³-hybridized carbons (Fsp3) is 0.643. The standard InChI is InChI=1S/C14H22N4O2S/c1-6-19-10(3)14-15-12(8-21-14)7-18(5)9(2)13-17-16-11(4)20-13/h8-10H,6-7H2,1-5H3. The van der Waals surface area contributed by atoms with E-state index in [9.17, 15) is 0 Å². The molecule has 0 aliphatic carbocycles. The van der Waals surface area contributed by atoms with E-state index < -0.39 is 0 Å². The van der Waals surface area contributed by atoms with Crippen molar-refractivity contribution in [3.63, 3.8) is 0 Å². The van der Waals surface area contributed by atoms with Crippen molar-refractivity contribution in [3.8, 4) is 0 Å². The predicted molar refractivity (Wildman–Crippen MR) is 81.1 cm³/mol. The maximum atomic E-state index is 5.57. The largest absolute Gasteiger partial charge is 0.424 e. The third-order valence-electron chi connectivity index (χ3n) is 3.31. The first-order chi connectivity index (χ1) is 10.0. The third kappa shape index (κ3) is 4.09. The van der Waals surface area contributed by atoms with Gasteiger partial charge in [0.25, 0.3) is 0 Å². The van der Waals surface area contributed by atoms with Crippen molar-refractivity contribution >= 4 is 11.3 Å². The van der Waals surface area contributed by atoms with E-state index in [-0.39, 0.29) is 12.1 Å². The zero-order valence-electron chi connectivity index (χ0n) is 13.2. The lowest BCUT2D eigenvalue weighted by Gasteiger charge is -2.20. The van der Waals surface area contributed by atoms with Crippen molar-refractivity contribution in [2.24, 2.45) is 0 Å². The third-order valence-corrected chi connectivity index (χ3v) is 4.36. The average Bonchev–Trinajstić information content (AvgIpc) is 3.07. The van der Waals surface area contributed by atoms with Crippen LogP contribution in [-0.4, -0.2) is 33.7 Å². The summed E-state index contributed by atoms with van der Waals surface area (Å²) in [5, 5.41) is 11.0. The molecule has 2 atom stereocenters. The van der Waals surface area contributed by atoms with E-state index in [1.54, 1.807) is 18.3 Å². The Kier molecular flexibility index (Phi) is 5.44. The van der Waals surface area contributed by atoms with Gasteiger partial charge in [-0.3, -0.25) is 4.90 Å². The molecule has 0 spiro atoms. The van der Waals surface area contributed by atoms with Crippen LogP contribution in [0.15, 0.2) is 9.80 Å². The van der Waals surface area contributed by atoms with Gasteiger partial charge < -0.3 is 9.15 Å². The molecule has 0 aliphatic heterocycles. The van der Waals surface area contributed by atoms with Gasteiger partial charge in [-0.25, -0.2) is 4.98 Å². The highest BCUT2D eigenvalue weighted by atomic mass is 32.1. The summed E-state index contributed by atoms with van der Waals surface area (Å²) in [6, 6.07) is 0.0562. The molecule has 7 heteroatoms. The van der Waals surface area contributed by atoms with Crippen LogP contribution in [0, 0.1) is 6.92 Å². The summed E-state index contributed by atoms with van der Waals surface area (Å²) < 4.78 is 11.0. The van der Waals surface area contributed by atoms with E-state index in [1.165, 1.54) is 0 Å². The van der Waals surface area contributed by atoms with Gasteiger partial charge in [-0.15, -0.1) is 21.5 Å². The molecule has 2 rings (SSSR count). The van der Waals surface area contributed by atoms with E-state index in [0.29, 0.717) is 18.4 Å². The summed E-state index contributed by atoms with van der Waals surface area (Å²) in [6.45, 7) is 9.29. The van der Waals surface area contributed by atoms with Gasteiger partial charge in [-0.05, 0) is 27.8 Å². The summed E-state index contributed by atoms with van der Waals surface area (Å²) in [7, 11) is 2.02. The fourth-order valence-corrected chi connectivity index (χ4v) is 2.78. The first kappa shape index (κ1) is 16.1. The highest BCUT2D eigenvalue weighted by Crippen LogP contribution is 2.24. The molecular weight excluding hydrogens is 288 g/mol. The van der Waals surface area contributed by atoms with Crippen LogP contribution >= 0.6 is 11.3 Å². The summed E-state index contributed by atoms with van der Waals surface area (Å²) in [4.78, 5) is 6.77. The van der Waals surface area contributed by atoms with Crippen molar-refractivity contribution in [1.82, 2.24) is 20.1 Å². The van der Waals surface area contributed by atoms with E-state index in [4.69, 9.17) is 9.15 Å². The van der Waals surface area contributed by atoms with Gasteiger partial charge in [0.15, 0.2) is 0 Å². The Morgan fingerprint density at radius 2 is 2.14 bits per heavy atom. The zero-order valence-corrected chi connectivity index (χ0v) is 14.0. The maximum absolute atomic E-state index is 5.57. The number of nitrogens with zero attached hydrogens (tertiary/aromatic N) is 4. The molecule has 0 bridgehead atoms. The lowest BCUT2D eigenvalue weighted by Crippen LogP contribution is -2.22. The molecule has 0 aromatic carbocycles. The van der Waals surface area contributed by atoms with Crippen LogP contribution in [0.1, 0.15) is 55.4 Å². The average molecular weight is 310 g/mol. The van der Waals surface area contributed by atoms with Crippen LogP contribution in [0.3, 0.4) is 0 Å². The van der Waals surface area contributed by atoms with Gasteiger partial charge in [0.1, 0.15) is 11.1 Å². The summed E-state index contributed by atoms with van der Waals surface area (Å²) >= 11 is 1.64. The van der Waals surface area contributed by atoms with Crippen LogP contribution in [0.5, 0.6) is 0 Å². The molecule has 2 heterocycles. The summed E-state index contributed by atoms with van der Waals surface area (Å²) in [5.41, 5.74) is 1.03.